The van der Waals surface area contributed by atoms with Crippen LogP contribution < -0.4 is 35.7 Å². The molecular formula is C24H25N5O7. The number of hydrogen-bond acceptors (Lipinski definition) is 9. The van der Waals surface area contributed by atoms with E-state index in [1.807, 2.05) is 0 Å². The predicted molar refractivity (Wildman–Crippen MR) is 129 cm³/mol. The van der Waals surface area contributed by atoms with E-state index in [0.29, 0.717) is 47.2 Å². The maximum absolute atomic E-state index is 12.7. The number of rotatable bonds is 7. The Bertz CT molecular complexity index is 1370. The largest absolute Gasteiger partial charge is 0.497 e. The standard InChI is InChI=1S/C24H25N5O7/c1-33-15-3-4-18-19(9-15)29(22(30)11-26-18)13-17(25)23(31)27-10-16-12-28(24(32)36-16)14-2-5-20-21(8-14)35-7-6-34-20/h2-5,8-9,11,16-17H,6-7,10,12-13,25H2,1H3,(H,27,31)/t16-,17?/m1/s1. The number of hydrogen-bond donors (Lipinski definition) is 2. The minimum atomic E-state index is -1.02. The first-order valence-electron chi connectivity index (χ1n) is 11.4. The van der Waals surface area contributed by atoms with Crippen LogP contribution in [-0.2, 0) is 16.1 Å². The Morgan fingerprint density at radius 3 is 2.81 bits per heavy atom. The first-order valence-corrected chi connectivity index (χ1v) is 11.4. The fraction of sp³-hybridized carbons (Fsp3) is 0.333. The van der Waals surface area contributed by atoms with Crippen LogP contribution in [0.5, 0.6) is 17.2 Å². The number of aromatic nitrogens is 2. The molecule has 0 radical (unpaired) electrons. The molecule has 0 aliphatic carbocycles. The van der Waals surface area contributed by atoms with Gasteiger partial charge in [-0.15, -0.1) is 0 Å². The lowest BCUT2D eigenvalue weighted by atomic mass is 10.2. The summed E-state index contributed by atoms with van der Waals surface area (Å²) in [5.74, 6) is 1.25. The monoisotopic (exact) mass is 495 g/mol. The Kier molecular flexibility index (Phi) is 6.34. The van der Waals surface area contributed by atoms with Crippen LogP contribution in [0.15, 0.2) is 47.4 Å². The lowest BCUT2D eigenvalue weighted by Crippen LogP contribution is -2.47. The van der Waals surface area contributed by atoms with Crippen molar-refractivity contribution < 1.29 is 28.5 Å². The highest BCUT2D eigenvalue weighted by atomic mass is 16.6. The van der Waals surface area contributed by atoms with Gasteiger partial charge in [-0.05, 0) is 24.3 Å². The maximum Gasteiger partial charge on any atom is 0.414 e. The Labute approximate surface area is 205 Å². The molecule has 0 spiro atoms. The minimum Gasteiger partial charge on any atom is -0.497 e. The second-order valence-corrected chi connectivity index (χ2v) is 8.36. The molecule has 188 valence electrons. The van der Waals surface area contributed by atoms with Crippen molar-refractivity contribution in [3.8, 4) is 17.2 Å². The number of benzene rings is 2. The Morgan fingerprint density at radius 2 is 2.00 bits per heavy atom. The fourth-order valence-corrected chi connectivity index (χ4v) is 4.12. The van der Waals surface area contributed by atoms with Crippen LogP contribution in [0.2, 0.25) is 0 Å². The van der Waals surface area contributed by atoms with E-state index in [1.54, 1.807) is 36.4 Å². The molecule has 2 aliphatic heterocycles. The van der Waals surface area contributed by atoms with Crippen molar-refractivity contribution in [2.45, 2.75) is 18.7 Å². The molecule has 3 aromatic rings. The van der Waals surface area contributed by atoms with Crippen molar-refractivity contribution in [3.63, 3.8) is 0 Å². The molecule has 1 aromatic heterocycles. The van der Waals surface area contributed by atoms with Gasteiger partial charge in [0.15, 0.2) is 11.5 Å². The topological polar surface area (TPSA) is 147 Å². The van der Waals surface area contributed by atoms with Gasteiger partial charge in [-0.1, -0.05) is 0 Å². The molecule has 1 unspecified atom stereocenters. The number of nitrogens with zero attached hydrogens (tertiary/aromatic N) is 3. The summed E-state index contributed by atoms with van der Waals surface area (Å²) < 4.78 is 23.1. The van der Waals surface area contributed by atoms with E-state index in [9.17, 15) is 14.4 Å². The molecule has 3 heterocycles. The number of cyclic esters (lactones) is 1. The zero-order valence-corrected chi connectivity index (χ0v) is 19.5. The zero-order chi connectivity index (χ0) is 25.2. The summed E-state index contributed by atoms with van der Waals surface area (Å²) in [6, 6.07) is 9.30. The van der Waals surface area contributed by atoms with Crippen LogP contribution >= 0.6 is 0 Å². The Hall–Kier alpha value is -4.32. The average Bonchev–Trinajstić information content (AvgIpc) is 3.28. The van der Waals surface area contributed by atoms with Crippen molar-refractivity contribution in [2.24, 2.45) is 5.73 Å². The first-order chi connectivity index (χ1) is 17.4. The van der Waals surface area contributed by atoms with E-state index in [0.717, 1.165) is 0 Å². The smallest absolute Gasteiger partial charge is 0.414 e. The molecule has 5 rings (SSSR count). The molecule has 2 aromatic carbocycles. The average molecular weight is 495 g/mol. The number of amides is 2. The highest BCUT2D eigenvalue weighted by molar-refractivity contribution is 5.90. The van der Waals surface area contributed by atoms with Gasteiger partial charge in [0.1, 0.15) is 31.1 Å². The van der Waals surface area contributed by atoms with Crippen molar-refractivity contribution in [2.75, 3.05) is 38.3 Å². The summed E-state index contributed by atoms with van der Waals surface area (Å²) in [5, 5.41) is 2.71. The van der Waals surface area contributed by atoms with Crippen molar-refractivity contribution in [1.29, 1.82) is 0 Å². The van der Waals surface area contributed by atoms with Crippen molar-refractivity contribution in [1.82, 2.24) is 14.9 Å². The quantitative estimate of drug-likeness (QED) is 0.482. The van der Waals surface area contributed by atoms with Crippen molar-refractivity contribution >= 4 is 28.7 Å². The van der Waals surface area contributed by atoms with Crippen LogP contribution in [0.25, 0.3) is 11.0 Å². The highest BCUT2D eigenvalue weighted by Crippen LogP contribution is 2.35. The predicted octanol–water partition coefficient (Wildman–Crippen LogP) is 0.645. The maximum atomic E-state index is 12.7. The number of anilines is 1. The van der Waals surface area contributed by atoms with Crippen LogP contribution in [0, 0.1) is 0 Å². The van der Waals surface area contributed by atoms with Gasteiger partial charge in [-0.2, -0.15) is 0 Å². The molecule has 2 amide bonds. The molecule has 0 bridgehead atoms. The molecular weight excluding hydrogens is 470 g/mol. The molecule has 0 saturated carbocycles. The van der Waals surface area contributed by atoms with E-state index in [2.05, 4.69) is 10.3 Å². The number of carbonyl (C=O) groups is 2. The second kappa shape index (κ2) is 9.74. The molecule has 1 saturated heterocycles. The number of fused-ring (bicyclic) bond motifs is 2. The summed E-state index contributed by atoms with van der Waals surface area (Å²) in [4.78, 5) is 43.2. The van der Waals surface area contributed by atoms with Crippen molar-refractivity contribution in [3.05, 3.63) is 52.9 Å². The van der Waals surface area contributed by atoms with Crippen LogP contribution in [0.1, 0.15) is 0 Å². The summed E-state index contributed by atoms with van der Waals surface area (Å²) in [7, 11) is 1.52. The second-order valence-electron chi connectivity index (χ2n) is 8.36. The lowest BCUT2D eigenvalue weighted by molar-refractivity contribution is -0.123. The van der Waals surface area contributed by atoms with E-state index >= 15 is 0 Å². The summed E-state index contributed by atoms with van der Waals surface area (Å²) in [5.41, 5.74) is 7.40. The third-order valence-electron chi connectivity index (χ3n) is 5.98. The van der Waals surface area contributed by atoms with Gasteiger partial charge in [0.2, 0.25) is 5.91 Å². The number of nitrogens with one attached hydrogen (secondary N) is 1. The normalized spacial score (nSPS) is 17.6. The summed E-state index contributed by atoms with van der Waals surface area (Å²) in [6.07, 6.45) is 0.0822. The number of nitrogens with two attached hydrogens (primary N) is 1. The van der Waals surface area contributed by atoms with Gasteiger partial charge < -0.3 is 34.6 Å². The molecule has 2 aliphatic rings. The minimum absolute atomic E-state index is 0.0649. The Morgan fingerprint density at radius 1 is 1.19 bits per heavy atom. The van der Waals surface area contributed by atoms with Gasteiger partial charge in [-0.25, -0.2) is 9.78 Å². The molecule has 2 atom stereocenters. The van der Waals surface area contributed by atoms with Gasteiger partial charge in [-0.3, -0.25) is 14.5 Å². The highest BCUT2D eigenvalue weighted by Gasteiger charge is 2.33. The Balaban J connectivity index is 1.21. The fourth-order valence-electron chi connectivity index (χ4n) is 4.12. The van der Waals surface area contributed by atoms with E-state index in [1.165, 1.54) is 22.8 Å². The summed E-state index contributed by atoms with van der Waals surface area (Å²) in [6.45, 7) is 1.15. The third-order valence-corrected chi connectivity index (χ3v) is 5.98. The molecule has 12 nitrogen and oxygen atoms in total. The van der Waals surface area contributed by atoms with Crippen LogP contribution in [-0.4, -0.2) is 67.1 Å². The van der Waals surface area contributed by atoms with Gasteiger partial charge in [0.25, 0.3) is 5.56 Å². The number of carbonyl (C=O) groups excluding carboxylic acids is 2. The molecule has 12 heteroatoms. The van der Waals surface area contributed by atoms with E-state index < -0.39 is 29.7 Å². The first kappa shape index (κ1) is 23.4. The van der Waals surface area contributed by atoms with Gasteiger partial charge in [0.05, 0.1) is 49.7 Å². The third kappa shape index (κ3) is 4.62. The molecule has 36 heavy (non-hydrogen) atoms. The van der Waals surface area contributed by atoms with E-state index in [-0.39, 0.29) is 19.6 Å². The molecule has 1 fully saturated rings. The molecule has 3 N–H and O–H groups in total. The zero-order valence-electron chi connectivity index (χ0n) is 19.5. The summed E-state index contributed by atoms with van der Waals surface area (Å²) >= 11 is 0. The van der Waals surface area contributed by atoms with Gasteiger partial charge in [0, 0.05) is 12.1 Å². The van der Waals surface area contributed by atoms with Crippen LogP contribution in [0.4, 0.5) is 10.5 Å². The SMILES string of the molecule is COc1ccc2ncc(=O)n(CC(N)C(=O)NC[C@@H]3CN(c4ccc5c(c4)OCCO5)C(=O)O3)c2c1. The number of ether oxygens (including phenoxy) is 4. The van der Waals surface area contributed by atoms with Crippen LogP contribution in [0.3, 0.4) is 0 Å². The number of methoxy groups -OCH3 is 1. The lowest BCUT2D eigenvalue weighted by Gasteiger charge is -2.21. The van der Waals surface area contributed by atoms with E-state index in [4.69, 9.17) is 24.7 Å². The van der Waals surface area contributed by atoms with Gasteiger partial charge >= 0.3 is 6.09 Å².